The molecule has 0 bridgehead atoms. The molecule has 2 N–H and O–H groups in total. The zero-order valence-electron chi connectivity index (χ0n) is 9.39. The summed E-state index contributed by atoms with van der Waals surface area (Å²) in [6.07, 6.45) is -7.08. The molecular weight excluding hydrogens is 227 g/mol. The normalized spacial score (nSPS) is 14.7. The number of ether oxygens (including phenoxy) is 1. The number of nitrogens with one attached hydrogen (secondary N) is 1. The summed E-state index contributed by atoms with van der Waals surface area (Å²) in [7, 11) is 1.20. The van der Waals surface area contributed by atoms with E-state index in [4.69, 9.17) is 5.11 Å². The number of methoxy groups -OCH3 is 1. The molecule has 1 unspecified atom stereocenters. The van der Waals surface area contributed by atoms with E-state index in [0.29, 0.717) is 0 Å². The van der Waals surface area contributed by atoms with Crippen LogP contribution in [0.5, 0.6) is 0 Å². The molecule has 0 spiro atoms. The molecule has 0 saturated carbocycles. The van der Waals surface area contributed by atoms with Crippen LogP contribution in [0.25, 0.3) is 0 Å². The van der Waals surface area contributed by atoms with Crippen LogP contribution in [-0.2, 0) is 9.53 Å². The summed E-state index contributed by atoms with van der Waals surface area (Å²) in [6.45, 7) is 2.41. The highest BCUT2D eigenvalue weighted by atomic mass is 19.4. The number of carbonyl (C=O) groups excluding carboxylic acids is 1. The van der Waals surface area contributed by atoms with E-state index < -0.39 is 30.2 Å². The first-order valence-electron chi connectivity index (χ1n) is 4.65. The Bertz CT molecular complexity index is 241. The summed E-state index contributed by atoms with van der Waals surface area (Å²) in [5, 5.41) is 11.1. The molecule has 0 rings (SSSR count). The lowest BCUT2D eigenvalue weighted by atomic mass is 9.94. The molecule has 0 amide bonds. The van der Waals surface area contributed by atoms with Crippen LogP contribution in [0.2, 0.25) is 0 Å². The van der Waals surface area contributed by atoms with E-state index in [1.807, 2.05) is 0 Å². The van der Waals surface area contributed by atoms with Crippen molar-refractivity contribution in [3.63, 3.8) is 0 Å². The Morgan fingerprint density at radius 2 is 1.94 bits per heavy atom. The summed E-state index contributed by atoms with van der Waals surface area (Å²) in [5.41, 5.74) is -0.930. The molecule has 7 heteroatoms. The van der Waals surface area contributed by atoms with Crippen molar-refractivity contribution in [3.05, 3.63) is 0 Å². The van der Waals surface area contributed by atoms with Crippen molar-refractivity contribution >= 4 is 5.97 Å². The molecule has 0 aliphatic heterocycles. The smallest absolute Gasteiger partial charge is 0.415 e. The Balaban J connectivity index is 4.04. The summed E-state index contributed by atoms with van der Waals surface area (Å²) in [5.74, 6) is -0.526. The number of rotatable bonds is 5. The molecule has 0 saturated heterocycles. The summed E-state index contributed by atoms with van der Waals surface area (Å²) < 4.78 is 40.2. The van der Waals surface area contributed by atoms with Crippen LogP contribution in [0.15, 0.2) is 0 Å². The Morgan fingerprint density at radius 1 is 1.44 bits per heavy atom. The maximum absolute atomic E-state index is 11.9. The van der Waals surface area contributed by atoms with Crippen molar-refractivity contribution in [1.82, 2.24) is 5.32 Å². The molecule has 0 aliphatic rings. The SMILES string of the molecule is COC(=O)C(C)(C)CNCC(O)C(F)(F)F. The molecular formula is C9H16F3NO3. The summed E-state index contributed by atoms with van der Waals surface area (Å²) >= 11 is 0. The van der Waals surface area contributed by atoms with Gasteiger partial charge in [0.25, 0.3) is 0 Å². The Kier molecular flexibility index (Phi) is 5.21. The van der Waals surface area contributed by atoms with Crippen LogP contribution in [-0.4, -0.2) is 43.6 Å². The fraction of sp³-hybridized carbons (Fsp3) is 0.889. The number of hydrogen-bond donors (Lipinski definition) is 2. The van der Waals surface area contributed by atoms with E-state index in [0.717, 1.165) is 0 Å². The van der Waals surface area contributed by atoms with Crippen molar-refractivity contribution in [3.8, 4) is 0 Å². The first-order chi connectivity index (χ1) is 7.11. The number of hydrogen-bond acceptors (Lipinski definition) is 4. The highest BCUT2D eigenvalue weighted by molar-refractivity contribution is 5.76. The lowest BCUT2D eigenvalue weighted by molar-refractivity contribution is -0.202. The van der Waals surface area contributed by atoms with E-state index >= 15 is 0 Å². The van der Waals surface area contributed by atoms with Gasteiger partial charge in [-0.1, -0.05) is 0 Å². The predicted molar refractivity (Wildman–Crippen MR) is 50.7 cm³/mol. The van der Waals surface area contributed by atoms with E-state index in [1.165, 1.54) is 21.0 Å². The molecule has 1 atom stereocenters. The molecule has 0 aromatic heterocycles. The average Bonchev–Trinajstić information content (AvgIpc) is 2.14. The maximum atomic E-state index is 11.9. The van der Waals surface area contributed by atoms with Crippen LogP contribution < -0.4 is 5.32 Å². The summed E-state index contributed by atoms with van der Waals surface area (Å²) in [6, 6.07) is 0. The quantitative estimate of drug-likeness (QED) is 0.698. The zero-order chi connectivity index (χ0) is 13.0. The van der Waals surface area contributed by atoms with Gasteiger partial charge in [0.2, 0.25) is 0 Å². The van der Waals surface area contributed by atoms with E-state index in [2.05, 4.69) is 10.1 Å². The van der Waals surface area contributed by atoms with Crippen molar-refractivity contribution < 1.29 is 27.8 Å². The number of carbonyl (C=O) groups is 1. The number of aliphatic hydroxyl groups excluding tert-OH is 1. The van der Waals surface area contributed by atoms with Gasteiger partial charge in [-0.25, -0.2) is 0 Å². The molecule has 96 valence electrons. The van der Waals surface area contributed by atoms with Gasteiger partial charge >= 0.3 is 12.1 Å². The van der Waals surface area contributed by atoms with E-state index in [-0.39, 0.29) is 6.54 Å². The van der Waals surface area contributed by atoms with Crippen LogP contribution in [0.3, 0.4) is 0 Å². The van der Waals surface area contributed by atoms with Gasteiger partial charge in [0.1, 0.15) is 0 Å². The first kappa shape index (κ1) is 15.2. The van der Waals surface area contributed by atoms with E-state index in [1.54, 1.807) is 0 Å². The van der Waals surface area contributed by atoms with Crippen LogP contribution in [0.4, 0.5) is 13.2 Å². The van der Waals surface area contributed by atoms with Crippen LogP contribution in [0, 0.1) is 5.41 Å². The fourth-order valence-electron chi connectivity index (χ4n) is 0.986. The topological polar surface area (TPSA) is 58.6 Å². The fourth-order valence-corrected chi connectivity index (χ4v) is 0.986. The molecule has 16 heavy (non-hydrogen) atoms. The average molecular weight is 243 g/mol. The second kappa shape index (κ2) is 5.49. The molecule has 0 aliphatic carbocycles. The summed E-state index contributed by atoms with van der Waals surface area (Å²) in [4.78, 5) is 11.2. The second-order valence-electron chi connectivity index (χ2n) is 4.06. The van der Waals surface area contributed by atoms with E-state index in [9.17, 15) is 18.0 Å². The van der Waals surface area contributed by atoms with Crippen molar-refractivity contribution in [1.29, 1.82) is 0 Å². The minimum atomic E-state index is -4.65. The van der Waals surface area contributed by atoms with Gasteiger partial charge in [0.05, 0.1) is 12.5 Å². The van der Waals surface area contributed by atoms with Crippen molar-refractivity contribution in [2.45, 2.75) is 26.1 Å². The largest absolute Gasteiger partial charge is 0.469 e. The molecule has 0 aromatic carbocycles. The monoisotopic (exact) mass is 243 g/mol. The Morgan fingerprint density at radius 3 is 2.31 bits per heavy atom. The minimum Gasteiger partial charge on any atom is -0.469 e. The van der Waals surface area contributed by atoms with Gasteiger partial charge < -0.3 is 15.2 Å². The molecule has 0 radical (unpaired) electrons. The van der Waals surface area contributed by atoms with Gasteiger partial charge in [-0.3, -0.25) is 4.79 Å². The number of aliphatic hydroxyl groups is 1. The zero-order valence-corrected chi connectivity index (χ0v) is 9.39. The Labute approximate surface area is 91.8 Å². The highest BCUT2D eigenvalue weighted by Gasteiger charge is 2.38. The number of alkyl halides is 3. The minimum absolute atomic E-state index is 0.00713. The standard InChI is InChI=1S/C9H16F3NO3/c1-8(2,7(15)16-3)5-13-4-6(14)9(10,11)12/h6,13-14H,4-5H2,1-3H3. The van der Waals surface area contributed by atoms with Crippen molar-refractivity contribution in [2.24, 2.45) is 5.41 Å². The van der Waals surface area contributed by atoms with Crippen molar-refractivity contribution in [2.75, 3.05) is 20.2 Å². The maximum Gasteiger partial charge on any atom is 0.415 e. The van der Waals surface area contributed by atoms with Gasteiger partial charge in [0.15, 0.2) is 6.10 Å². The Hall–Kier alpha value is -0.820. The molecule has 0 heterocycles. The lowest BCUT2D eigenvalue weighted by Gasteiger charge is -2.23. The van der Waals surface area contributed by atoms with Crippen LogP contribution >= 0.6 is 0 Å². The third-order valence-electron chi connectivity index (χ3n) is 2.02. The van der Waals surface area contributed by atoms with Gasteiger partial charge in [-0.2, -0.15) is 13.2 Å². The molecule has 0 aromatic rings. The van der Waals surface area contributed by atoms with Gasteiger partial charge in [-0.15, -0.1) is 0 Å². The number of esters is 1. The highest BCUT2D eigenvalue weighted by Crippen LogP contribution is 2.20. The van der Waals surface area contributed by atoms with Gasteiger partial charge in [0, 0.05) is 13.1 Å². The van der Waals surface area contributed by atoms with Gasteiger partial charge in [-0.05, 0) is 13.8 Å². The predicted octanol–water partition coefficient (Wildman–Crippen LogP) is 0.698. The molecule has 0 fully saturated rings. The molecule has 4 nitrogen and oxygen atoms in total. The third kappa shape index (κ3) is 4.80. The second-order valence-corrected chi connectivity index (χ2v) is 4.06. The number of halogens is 3. The first-order valence-corrected chi connectivity index (χ1v) is 4.65. The van der Waals surface area contributed by atoms with Crippen LogP contribution in [0.1, 0.15) is 13.8 Å². The lowest BCUT2D eigenvalue weighted by Crippen LogP contribution is -2.43. The third-order valence-corrected chi connectivity index (χ3v) is 2.02.